The van der Waals surface area contributed by atoms with Crippen molar-refractivity contribution < 1.29 is 0 Å². The fourth-order valence-corrected chi connectivity index (χ4v) is 6.78. The van der Waals surface area contributed by atoms with Gasteiger partial charge in [-0.3, -0.25) is 0 Å². The summed E-state index contributed by atoms with van der Waals surface area (Å²) in [5.41, 5.74) is 11.2. The molecule has 1 atom stereocenters. The molecule has 0 aliphatic heterocycles. The molecule has 2 heteroatoms. The predicted molar refractivity (Wildman–Crippen MR) is 188 cm³/mol. The van der Waals surface area contributed by atoms with Crippen molar-refractivity contribution in [3.63, 3.8) is 0 Å². The van der Waals surface area contributed by atoms with Gasteiger partial charge in [0.05, 0.1) is 17.1 Å². The number of hydrogen-bond donors (Lipinski definition) is 0. The minimum Gasteiger partial charge on any atom is -0.334 e. The van der Waals surface area contributed by atoms with Gasteiger partial charge < -0.3 is 9.47 Å². The van der Waals surface area contributed by atoms with E-state index < -0.39 is 0 Å². The quantitative estimate of drug-likeness (QED) is 0.195. The molecule has 0 spiro atoms. The van der Waals surface area contributed by atoms with Crippen LogP contribution >= 0.6 is 0 Å². The van der Waals surface area contributed by atoms with Crippen molar-refractivity contribution in [1.29, 1.82) is 0 Å². The number of hydrogen-bond acceptors (Lipinski definition) is 1. The van der Waals surface area contributed by atoms with Gasteiger partial charge in [0.2, 0.25) is 0 Å². The SMILES string of the molecule is C1=CC(c2ccc(N(c3ccccc3)C3C=CC(c4ccc5c(c4)c4ccccc4n5-c4ccccc4)=CC3)cc2)=CCC1. The van der Waals surface area contributed by atoms with Crippen LogP contribution in [0.15, 0.2) is 164 Å². The summed E-state index contributed by atoms with van der Waals surface area (Å²) in [6.45, 7) is 0. The molecule has 0 amide bonds. The molecule has 212 valence electrons. The van der Waals surface area contributed by atoms with Crippen molar-refractivity contribution in [3.05, 3.63) is 175 Å². The smallest absolute Gasteiger partial charge is 0.0560 e. The van der Waals surface area contributed by atoms with E-state index in [-0.39, 0.29) is 6.04 Å². The number of aromatic nitrogens is 1. The highest BCUT2D eigenvalue weighted by Crippen LogP contribution is 2.37. The predicted octanol–water partition coefficient (Wildman–Crippen LogP) is 11.1. The lowest BCUT2D eigenvalue weighted by molar-refractivity contribution is 0.787. The Hall–Kier alpha value is -5.34. The Morgan fingerprint density at radius 2 is 1.23 bits per heavy atom. The molecule has 2 nitrogen and oxygen atoms in total. The zero-order valence-corrected chi connectivity index (χ0v) is 24.7. The van der Waals surface area contributed by atoms with E-state index >= 15 is 0 Å². The molecule has 0 N–H and O–H groups in total. The summed E-state index contributed by atoms with van der Waals surface area (Å²) in [4.78, 5) is 2.47. The molecular weight excluding hydrogens is 532 g/mol. The van der Waals surface area contributed by atoms with Crippen LogP contribution in [0.3, 0.4) is 0 Å². The molecule has 0 bridgehead atoms. The van der Waals surface area contributed by atoms with E-state index in [1.54, 1.807) is 0 Å². The summed E-state index contributed by atoms with van der Waals surface area (Å²) in [5, 5.41) is 2.57. The van der Waals surface area contributed by atoms with E-state index in [0.29, 0.717) is 0 Å². The Morgan fingerprint density at radius 3 is 1.98 bits per heavy atom. The third kappa shape index (κ3) is 4.79. The van der Waals surface area contributed by atoms with E-state index in [9.17, 15) is 0 Å². The lowest BCUT2D eigenvalue weighted by Gasteiger charge is -2.33. The highest BCUT2D eigenvalue weighted by atomic mass is 15.2. The van der Waals surface area contributed by atoms with E-state index in [1.165, 1.54) is 61.1 Å². The average Bonchev–Trinajstić information content (AvgIpc) is 3.44. The maximum atomic E-state index is 2.47. The lowest BCUT2D eigenvalue weighted by atomic mass is 9.94. The molecule has 2 aliphatic rings. The Labute approximate surface area is 259 Å². The van der Waals surface area contributed by atoms with Gasteiger partial charge in [-0.25, -0.2) is 0 Å². The fourth-order valence-electron chi connectivity index (χ4n) is 6.78. The first-order chi connectivity index (χ1) is 21.8. The van der Waals surface area contributed by atoms with Crippen LogP contribution in [0.1, 0.15) is 30.4 Å². The first-order valence-electron chi connectivity index (χ1n) is 15.6. The number of nitrogens with zero attached hydrogens (tertiary/aromatic N) is 2. The summed E-state index contributed by atoms with van der Waals surface area (Å²) >= 11 is 0. The van der Waals surface area contributed by atoms with Crippen molar-refractivity contribution >= 4 is 44.3 Å². The first-order valence-corrected chi connectivity index (χ1v) is 15.6. The van der Waals surface area contributed by atoms with Crippen LogP contribution in [-0.2, 0) is 0 Å². The second-order valence-electron chi connectivity index (χ2n) is 11.6. The minimum absolute atomic E-state index is 0.226. The fraction of sp³-hybridized carbons (Fsp3) is 0.0952. The monoisotopic (exact) mass is 566 g/mol. The van der Waals surface area contributed by atoms with E-state index in [4.69, 9.17) is 0 Å². The molecule has 5 aromatic carbocycles. The Kier molecular flexibility index (Phi) is 6.81. The van der Waals surface area contributed by atoms with Gasteiger partial charge >= 0.3 is 0 Å². The number of para-hydroxylation sites is 3. The molecule has 0 saturated heterocycles. The molecular formula is C42H34N2. The zero-order valence-electron chi connectivity index (χ0n) is 24.7. The van der Waals surface area contributed by atoms with Crippen molar-refractivity contribution in [2.45, 2.75) is 25.3 Å². The van der Waals surface area contributed by atoms with Crippen LogP contribution < -0.4 is 4.90 Å². The molecule has 0 radical (unpaired) electrons. The summed E-state index contributed by atoms with van der Waals surface area (Å²) in [5.74, 6) is 0. The Morgan fingerprint density at radius 1 is 0.545 bits per heavy atom. The summed E-state index contributed by atoms with van der Waals surface area (Å²) < 4.78 is 2.37. The van der Waals surface area contributed by atoms with Crippen LogP contribution in [0.4, 0.5) is 11.4 Å². The maximum absolute atomic E-state index is 2.47. The highest BCUT2D eigenvalue weighted by Gasteiger charge is 2.21. The normalized spacial score (nSPS) is 16.2. The van der Waals surface area contributed by atoms with Crippen LogP contribution in [0.5, 0.6) is 0 Å². The van der Waals surface area contributed by atoms with E-state index in [0.717, 1.165) is 19.3 Å². The van der Waals surface area contributed by atoms with Gasteiger partial charge in [-0.15, -0.1) is 0 Å². The summed E-state index contributed by atoms with van der Waals surface area (Å²) in [6, 6.07) is 46.4. The van der Waals surface area contributed by atoms with Gasteiger partial charge in [0, 0.05) is 27.8 Å². The van der Waals surface area contributed by atoms with Gasteiger partial charge in [-0.1, -0.05) is 109 Å². The lowest BCUT2D eigenvalue weighted by Crippen LogP contribution is -2.30. The van der Waals surface area contributed by atoms with Crippen LogP contribution in [-0.4, -0.2) is 10.6 Å². The van der Waals surface area contributed by atoms with Crippen LogP contribution in [0.2, 0.25) is 0 Å². The number of rotatable bonds is 6. The number of fused-ring (bicyclic) bond motifs is 3. The average molecular weight is 567 g/mol. The molecule has 1 heterocycles. The number of benzene rings is 5. The molecule has 6 aromatic rings. The van der Waals surface area contributed by atoms with Gasteiger partial charge in [0.15, 0.2) is 0 Å². The third-order valence-corrected chi connectivity index (χ3v) is 8.94. The largest absolute Gasteiger partial charge is 0.334 e. The number of allylic oxidation sites excluding steroid dienone is 6. The molecule has 8 rings (SSSR count). The van der Waals surface area contributed by atoms with Gasteiger partial charge in [0.25, 0.3) is 0 Å². The van der Waals surface area contributed by atoms with Gasteiger partial charge in [0.1, 0.15) is 0 Å². The molecule has 0 saturated carbocycles. The summed E-state index contributed by atoms with van der Waals surface area (Å²) in [7, 11) is 0. The molecule has 1 aromatic heterocycles. The zero-order chi connectivity index (χ0) is 29.3. The summed E-state index contributed by atoms with van der Waals surface area (Å²) in [6.07, 6.45) is 17.1. The Balaban J connectivity index is 1.12. The topological polar surface area (TPSA) is 8.17 Å². The van der Waals surface area contributed by atoms with Crippen molar-refractivity contribution in [2.24, 2.45) is 0 Å². The molecule has 0 fully saturated rings. The minimum atomic E-state index is 0.226. The van der Waals surface area contributed by atoms with Crippen molar-refractivity contribution in [1.82, 2.24) is 4.57 Å². The van der Waals surface area contributed by atoms with Crippen LogP contribution in [0.25, 0.3) is 38.6 Å². The second-order valence-corrected chi connectivity index (χ2v) is 11.6. The third-order valence-electron chi connectivity index (χ3n) is 8.94. The van der Waals surface area contributed by atoms with Crippen LogP contribution in [0, 0.1) is 0 Å². The second kappa shape index (κ2) is 11.4. The maximum Gasteiger partial charge on any atom is 0.0560 e. The molecule has 2 aliphatic carbocycles. The Bertz CT molecular complexity index is 2070. The first kappa shape index (κ1) is 26.3. The van der Waals surface area contributed by atoms with Crippen molar-refractivity contribution in [2.75, 3.05) is 4.90 Å². The van der Waals surface area contributed by atoms with Gasteiger partial charge in [-0.2, -0.15) is 0 Å². The van der Waals surface area contributed by atoms with Gasteiger partial charge in [-0.05, 0) is 96.1 Å². The standard InChI is InChI=1S/C42H34N2/c1-4-12-31(13-5-1)32-20-25-37(26-21-32)43(35-14-6-2-7-15-35)38-27-22-33(23-28-38)34-24-29-42-40(30-34)39-18-10-11-19-41(39)44(42)36-16-8-3-9-17-36/h2-4,6-27,29-30,38H,1,5,28H2. The molecule has 44 heavy (non-hydrogen) atoms. The number of anilines is 2. The van der Waals surface area contributed by atoms with E-state index in [2.05, 4.69) is 173 Å². The van der Waals surface area contributed by atoms with Crippen molar-refractivity contribution in [3.8, 4) is 5.69 Å². The molecule has 1 unspecified atom stereocenters. The highest BCUT2D eigenvalue weighted by molar-refractivity contribution is 6.10. The van der Waals surface area contributed by atoms with E-state index in [1.807, 2.05) is 0 Å².